The molecule has 0 aliphatic heterocycles. The summed E-state index contributed by atoms with van der Waals surface area (Å²) < 4.78 is 0. The first-order valence-corrected chi connectivity index (χ1v) is 2.59. The van der Waals surface area contributed by atoms with Gasteiger partial charge in [-0.1, -0.05) is 13.3 Å². The first-order valence-electron chi connectivity index (χ1n) is 2.59. The van der Waals surface area contributed by atoms with Crippen LogP contribution in [0.1, 0.15) is 19.8 Å². The molecule has 0 radical (unpaired) electrons. The van der Waals surface area contributed by atoms with Gasteiger partial charge in [-0.2, -0.15) is 0 Å². The van der Waals surface area contributed by atoms with Crippen molar-refractivity contribution in [3.05, 3.63) is 0 Å². The van der Waals surface area contributed by atoms with E-state index in [1.165, 1.54) is 0 Å². The van der Waals surface area contributed by atoms with Gasteiger partial charge in [-0.15, -0.1) is 0 Å². The molecule has 1 atom stereocenters. The van der Waals surface area contributed by atoms with Crippen LogP contribution < -0.4 is 0 Å². The maximum atomic E-state index is 9.84. The second-order valence-electron chi connectivity index (χ2n) is 1.64. The molecule has 0 saturated carbocycles. The fraction of sp³-hybridized carbons (Fsp3) is 0.800. The number of hydrogen-bond donors (Lipinski definition) is 2. The van der Waals surface area contributed by atoms with Gasteiger partial charge in [0.1, 0.15) is 0 Å². The Kier molecular flexibility index (Phi) is 7.90. The monoisotopic (exact) mass is 200 g/mol. The summed E-state index contributed by atoms with van der Waals surface area (Å²) in [4.78, 5) is 9.84. The number of carboxylic acid groups (broad SMARTS) is 1. The van der Waals surface area contributed by atoms with Crippen LogP contribution in [0, 0.1) is 0 Å². The van der Waals surface area contributed by atoms with Crippen molar-refractivity contribution in [2.24, 2.45) is 0 Å². The molecule has 0 bridgehead atoms. The molecule has 0 heterocycles. The molecule has 0 aromatic carbocycles. The number of aliphatic hydroxyl groups is 1. The molecule has 0 saturated heterocycles. The van der Waals surface area contributed by atoms with Crippen molar-refractivity contribution in [1.29, 1.82) is 0 Å². The Morgan fingerprint density at radius 2 is 2.11 bits per heavy atom. The standard InChI is InChI=1S/C5H10O3.H2Se/c1-2-3-4(6)5(7)8;/h4,6H,2-3H2,1H3,(H,7,8);1H2/t4-;/m0./s1. The molecule has 0 aromatic rings. The second-order valence-corrected chi connectivity index (χ2v) is 1.64. The van der Waals surface area contributed by atoms with E-state index in [1.807, 2.05) is 6.92 Å². The molecular weight excluding hydrogens is 187 g/mol. The Labute approximate surface area is 64.5 Å². The van der Waals surface area contributed by atoms with Crippen LogP contribution in [0.5, 0.6) is 0 Å². The minimum absolute atomic E-state index is 0. The molecule has 0 aliphatic carbocycles. The van der Waals surface area contributed by atoms with Gasteiger partial charge in [0.15, 0.2) is 6.10 Å². The Balaban J connectivity index is 0. The van der Waals surface area contributed by atoms with Crippen LogP contribution in [0.15, 0.2) is 0 Å². The SMILES string of the molecule is CCC[C@H](O)C(=O)O.[SeH2]. The number of rotatable bonds is 3. The molecule has 3 nitrogen and oxygen atoms in total. The quantitative estimate of drug-likeness (QED) is 0.592. The van der Waals surface area contributed by atoms with Crippen LogP contribution in [0.2, 0.25) is 0 Å². The van der Waals surface area contributed by atoms with E-state index in [-0.39, 0.29) is 17.1 Å². The van der Waals surface area contributed by atoms with Crippen molar-refractivity contribution < 1.29 is 15.0 Å². The van der Waals surface area contributed by atoms with E-state index >= 15 is 0 Å². The van der Waals surface area contributed by atoms with Crippen molar-refractivity contribution in [2.75, 3.05) is 0 Å². The summed E-state index contributed by atoms with van der Waals surface area (Å²) in [6.07, 6.45) is -0.122. The molecule has 0 rings (SSSR count). The second kappa shape index (κ2) is 6.08. The third-order valence-corrected chi connectivity index (χ3v) is 0.847. The fourth-order valence-corrected chi connectivity index (χ4v) is 0.397. The van der Waals surface area contributed by atoms with Crippen LogP contribution in [0.25, 0.3) is 0 Å². The zero-order valence-corrected chi connectivity index (χ0v) is 7.39. The zero-order chi connectivity index (χ0) is 6.57. The van der Waals surface area contributed by atoms with Crippen molar-refractivity contribution in [3.8, 4) is 0 Å². The van der Waals surface area contributed by atoms with E-state index in [0.29, 0.717) is 12.8 Å². The zero-order valence-electron chi connectivity index (χ0n) is 5.29. The van der Waals surface area contributed by atoms with Gasteiger partial charge < -0.3 is 10.2 Å². The first kappa shape index (κ1) is 11.7. The topological polar surface area (TPSA) is 57.5 Å². The summed E-state index contributed by atoms with van der Waals surface area (Å²) in [6.45, 7) is 1.83. The van der Waals surface area contributed by atoms with Crippen molar-refractivity contribution in [3.63, 3.8) is 0 Å². The van der Waals surface area contributed by atoms with Gasteiger partial charge in [0, 0.05) is 0 Å². The van der Waals surface area contributed by atoms with Gasteiger partial charge in [-0.25, -0.2) is 4.79 Å². The van der Waals surface area contributed by atoms with E-state index in [9.17, 15) is 4.79 Å². The molecule has 0 aliphatic rings. The average Bonchev–Trinajstić information content (AvgIpc) is 1.67. The molecule has 56 valence electrons. The Morgan fingerprint density at radius 3 is 2.22 bits per heavy atom. The summed E-state index contributed by atoms with van der Waals surface area (Å²) in [6, 6.07) is 0. The predicted octanol–water partition coefficient (Wildman–Crippen LogP) is -0.684. The molecule has 4 heteroatoms. The number of carbonyl (C=O) groups is 1. The molecule has 0 spiro atoms. The van der Waals surface area contributed by atoms with Crippen molar-refractivity contribution in [1.82, 2.24) is 0 Å². The van der Waals surface area contributed by atoms with Crippen LogP contribution in [0.4, 0.5) is 0 Å². The Morgan fingerprint density at radius 1 is 1.67 bits per heavy atom. The normalized spacial score (nSPS) is 11.8. The van der Waals surface area contributed by atoms with Gasteiger partial charge in [0.25, 0.3) is 0 Å². The number of aliphatic hydroxyl groups excluding tert-OH is 1. The summed E-state index contributed by atoms with van der Waals surface area (Å²) in [5.41, 5.74) is 0. The summed E-state index contributed by atoms with van der Waals surface area (Å²) in [5, 5.41) is 16.6. The van der Waals surface area contributed by atoms with Gasteiger partial charge in [-0.3, -0.25) is 0 Å². The molecule has 2 N–H and O–H groups in total. The molecule has 0 unspecified atom stereocenters. The molecular formula is C5H12O3Se. The van der Waals surface area contributed by atoms with Gasteiger partial charge >= 0.3 is 23.0 Å². The van der Waals surface area contributed by atoms with Crippen LogP contribution in [-0.2, 0) is 4.79 Å². The van der Waals surface area contributed by atoms with E-state index in [0.717, 1.165) is 0 Å². The molecule has 0 amide bonds. The summed E-state index contributed by atoms with van der Waals surface area (Å²) in [7, 11) is 0. The molecule has 9 heavy (non-hydrogen) atoms. The third kappa shape index (κ3) is 5.83. The number of hydrogen-bond acceptors (Lipinski definition) is 2. The minimum atomic E-state index is -1.17. The van der Waals surface area contributed by atoms with Crippen LogP contribution >= 0.6 is 0 Å². The van der Waals surface area contributed by atoms with Gasteiger partial charge in [-0.05, 0) is 6.42 Å². The Bertz CT molecular complexity index is 84.3. The van der Waals surface area contributed by atoms with Crippen molar-refractivity contribution in [2.45, 2.75) is 25.9 Å². The van der Waals surface area contributed by atoms with E-state index in [1.54, 1.807) is 0 Å². The van der Waals surface area contributed by atoms with E-state index in [2.05, 4.69) is 0 Å². The predicted molar refractivity (Wildman–Crippen MR) is 37.1 cm³/mol. The van der Waals surface area contributed by atoms with E-state index < -0.39 is 12.1 Å². The number of carboxylic acids is 1. The van der Waals surface area contributed by atoms with Gasteiger partial charge in [0.05, 0.1) is 0 Å². The fourth-order valence-electron chi connectivity index (χ4n) is 0.397. The van der Waals surface area contributed by atoms with E-state index in [4.69, 9.17) is 10.2 Å². The van der Waals surface area contributed by atoms with Crippen molar-refractivity contribution >= 4 is 23.0 Å². The average molecular weight is 199 g/mol. The number of aliphatic carboxylic acids is 1. The summed E-state index contributed by atoms with van der Waals surface area (Å²) in [5.74, 6) is -1.13. The van der Waals surface area contributed by atoms with Gasteiger partial charge in [0.2, 0.25) is 0 Å². The first-order chi connectivity index (χ1) is 3.68. The molecule has 0 fully saturated rings. The maximum absolute atomic E-state index is 9.84. The molecule has 0 aromatic heterocycles. The Hall–Kier alpha value is -0.0505. The third-order valence-electron chi connectivity index (χ3n) is 0.847. The van der Waals surface area contributed by atoms with Crippen LogP contribution in [-0.4, -0.2) is 39.4 Å². The van der Waals surface area contributed by atoms with Crippen LogP contribution in [0.3, 0.4) is 0 Å². The summed E-state index contributed by atoms with van der Waals surface area (Å²) >= 11 is 0.